The average molecular weight is 384 g/mol. The van der Waals surface area contributed by atoms with Crippen molar-refractivity contribution in [2.75, 3.05) is 26.7 Å². The van der Waals surface area contributed by atoms with E-state index in [1.54, 1.807) is 31.9 Å². The molecule has 2 aliphatic rings. The van der Waals surface area contributed by atoms with E-state index in [2.05, 4.69) is 15.3 Å². The Morgan fingerprint density at radius 2 is 2.23 bits per heavy atom. The number of alkyl halides is 2. The predicted molar refractivity (Wildman–Crippen MR) is 95.5 cm³/mol. The fourth-order valence-electron chi connectivity index (χ4n) is 3.17. The maximum atomic E-state index is 14.4. The number of halogens is 2. The van der Waals surface area contributed by atoms with Gasteiger partial charge in [-0.05, 0) is 6.92 Å². The zero-order valence-corrected chi connectivity index (χ0v) is 16.0. The number of hydrogen-bond acceptors (Lipinski definition) is 7. The summed E-state index contributed by atoms with van der Waals surface area (Å²) in [6.45, 7) is 4.90. The van der Waals surface area contributed by atoms with Crippen LogP contribution in [0.3, 0.4) is 0 Å². The number of nitrogens with one attached hydrogen (secondary N) is 1. The van der Waals surface area contributed by atoms with Gasteiger partial charge in [-0.3, -0.25) is 9.89 Å². The Bertz CT molecular complexity index is 759. The zero-order valence-electron chi connectivity index (χ0n) is 15.2. The molecule has 3 heterocycles. The van der Waals surface area contributed by atoms with Gasteiger partial charge in [-0.2, -0.15) is 0 Å². The maximum absolute atomic E-state index is 14.4. The van der Waals surface area contributed by atoms with Crippen LogP contribution in [0.1, 0.15) is 25.8 Å². The minimum Gasteiger partial charge on any atom is -0.466 e. The van der Waals surface area contributed by atoms with Crippen molar-refractivity contribution in [3.05, 3.63) is 27.9 Å². The molecule has 1 atom stereocenters. The van der Waals surface area contributed by atoms with Gasteiger partial charge in [0.25, 0.3) is 5.92 Å². The third-order valence-electron chi connectivity index (χ3n) is 5.39. The fraction of sp³-hybridized carbons (Fsp3) is 0.588. The van der Waals surface area contributed by atoms with Crippen molar-refractivity contribution in [3.63, 3.8) is 0 Å². The van der Waals surface area contributed by atoms with E-state index in [9.17, 15) is 13.6 Å². The summed E-state index contributed by atoms with van der Waals surface area (Å²) in [5, 5.41) is 5.62. The molecule has 0 aliphatic carbocycles. The molecule has 6 nitrogen and oxygen atoms in total. The van der Waals surface area contributed by atoms with Gasteiger partial charge < -0.3 is 10.1 Å². The van der Waals surface area contributed by atoms with Crippen molar-refractivity contribution in [1.82, 2.24) is 15.2 Å². The first kappa shape index (κ1) is 18.9. The molecule has 1 N–H and O–H groups in total. The van der Waals surface area contributed by atoms with E-state index in [0.29, 0.717) is 22.1 Å². The van der Waals surface area contributed by atoms with Gasteiger partial charge in [-0.1, -0.05) is 13.8 Å². The number of likely N-dealkylation sites (tertiary alicyclic amines) is 1. The average Bonchev–Trinajstić information content (AvgIpc) is 3.18. The van der Waals surface area contributed by atoms with Crippen LogP contribution < -0.4 is 5.32 Å². The normalized spacial score (nSPS) is 25.0. The van der Waals surface area contributed by atoms with Crippen LogP contribution in [0.2, 0.25) is 0 Å². The Labute approximate surface area is 155 Å². The molecule has 142 valence electrons. The summed E-state index contributed by atoms with van der Waals surface area (Å²) in [6.07, 6.45) is 1.66. The maximum Gasteiger partial charge on any atom is 0.337 e. The Hall–Kier alpha value is -1.87. The molecule has 0 bridgehead atoms. The number of rotatable bonds is 4. The zero-order chi connectivity index (χ0) is 19.1. The van der Waals surface area contributed by atoms with Gasteiger partial charge in [-0.15, -0.1) is 11.3 Å². The minimum absolute atomic E-state index is 0.131. The Morgan fingerprint density at radius 3 is 2.77 bits per heavy atom. The number of esters is 1. The highest BCUT2D eigenvalue weighted by atomic mass is 32.1. The second-order valence-electron chi connectivity index (χ2n) is 7.08. The molecule has 0 aromatic carbocycles. The second kappa shape index (κ2) is 6.70. The molecule has 1 aromatic rings. The van der Waals surface area contributed by atoms with E-state index in [4.69, 9.17) is 4.74 Å². The molecule has 1 saturated heterocycles. The lowest BCUT2D eigenvalue weighted by molar-refractivity contribution is -0.136. The summed E-state index contributed by atoms with van der Waals surface area (Å²) in [5.41, 5.74) is -0.259. The van der Waals surface area contributed by atoms with Crippen molar-refractivity contribution in [1.29, 1.82) is 0 Å². The highest BCUT2D eigenvalue weighted by molar-refractivity contribution is 7.11. The van der Waals surface area contributed by atoms with E-state index in [1.807, 2.05) is 5.38 Å². The molecule has 2 aliphatic heterocycles. The number of methoxy groups -OCH3 is 1. The van der Waals surface area contributed by atoms with Crippen LogP contribution >= 0.6 is 11.3 Å². The molecule has 0 unspecified atom stereocenters. The number of nitrogens with zero attached hydrogens (tertiary/aromatic N) is 3. The van der Waals surface area contributed by atoms with Crippen LogP contribution in [0.5, 0.6) is 0 Å². The third kappa shape index (κ3) is 3.14. The van der Waals surface area contributed by atoms with Gasteiger partial charge >= 0.3 is 5.97 Å². The van der Waals surface area contributed by atoms with Crippen molar-refractivity contribution in [2.24, 2.45) is 10.4 Å². The van der Waals surface area contributed by atoms with E-state index in [0.717, 1.165) is 0 Å². The van der Waals surface area contributed by atoms with Crippen LogP contribution in [0.4, 0.5) is 8.78 Å². The molecule has 0 saturated carbocycles. The topological polar surface area (TPSA) is 66.8 Å². The summed E-state index contributed by atoms with van der Waals surface area (Å²) < 4.78 is 33.6. The van der Waals surface area contributed by atoms with Gasteiger partial charge in [0, 0.05) is 35.3 Å². The molecular weight excluding hydrogens is 362 g/mol. The smallest absolute Gasteiger partial charge is 0.337 e. The van der Waals surface area contributed by atoms with Gasteiger partial charge in [-0.25, -0.2) is 18.6 Å². The van der Waals surface area contributed by atoms with Gasteiger partial charge in [0.2, 0.25) is 0 Å². The molecule has 0 spiro atoms. The minimum atomic E-state index is -2.81. The van der Waals surface area contributed by atoms with Crippen LogP contribution in [-0.2, 0) is 9.53 Å². The molecule has 0 amide bonds. The van der Waals surface area contributed by atoms with E-state index in [-0.39, 0.29) is 25.7 Å². The summed E-state index contributed by atoms with van der Waals surface area (Å²) >= 11 is 1.41. The lowest BCUT2D eigenvalue weighted by atomic mass is 9.83. The SMILES string of the molecule is COC(=O)C1=C(CN2CC(F)(F)C(C)(C)[C@@H]2C)NC(c2nccs2)=NC1. The largest absolute Gasteiger partial charge is 0.466 e. The molecule has 26 heavy (non-hydrogen) atoms. The Balaban J connectivity index is 1.87. The first-order valence-electron chi connectivity index (χ1n) is 8.31. The first-order valence-corrected chi connectivity index (χ1v) is 9.19. The molecule has 0 radical (unpaired) electrons. The predicted octanol–water partition coefficient (Wildman–Crippen LogP) is 2.29. The highest BCUT2D eigenvalue weighted by Crippen LogP contribution is 2.47. The highest BCUT2D eigenvalue weighted by Gasteiger charge is 2.58. The first-order chi connectivity index (χ1) is 12.2. The number of aliphatic imine (C=N–C) groups is 1. The molecule has 3 rings (SSSR count). The van der Waals surface area contributed by atoms with Crippen LogP contribution in [0.25, 0.3) is 0 Å². The standard InChI is InChI=1S/C17H22F2N4O2S/c1-10-16(2,3)17(18,19)9-23(10)8-12-11(15(24)25-4)7-21-13(22-12)14-20-5-6-26-14/h5-6,10H,7-9H2,1-4H3,(H,21,22)/t10-/m0/s1. The summed E-state index contributed by atoms with van der Waals surface area (Å²) in [6, 6.07) is -0.354. The number of carbonyl (C=O) groups is 1. The van der Waals surface area contributed by atoms with Crippen molar-refractivity contribution in [2.45, 2.75) is 32.7 Å². The summed E-state index contributed by atoms with van der Waals surface area (Å²) in [4.78, 5) is 22.4. The second-order valence-corrected chi connectivity index (χ2v) is 7.98. The van der Waals surface area contributed by atoms with Crippen LogP contribution in [0, 0.1) is 5.41 Å². The number of ether oxygens (including phenoxy) is 1. The molecule has 1 aromatic heterocycles. The van der Waals surface area contributed by atoms with Crippen LogP contribution in [-0.4, -0.2) is 60.4 Å². The number of hydrogen-bond donors (Lipinski definition) is 1. The summed E-state index contributed by atoms with van der Waals surface area (Å²) in [7, 11) is 1.29. The van der Waals surface area contributed by atoms with Gasteiger partial charge in [0.1, 0.15) is 0 Å². The number of carbonyl (C=O) groups excluding carboxylic acids is 1. The van der Waals surface area contributed by atoms with Crippen molar-refractivity contribution < 1.29 is 18.3 Å². The number of thiazole rings is 1. The quantitative estimate of drug-likeness (QED) is 0.807. The monoisotopic (exact) mass is 384 g/mol. The van der Waals surface area contributed by atoms with Crippen molar-refractivity contribution >= 4 is 23.1 Å². The number of amidine groups is 1. The lowest BCUT2D eigenvalue weighted by Crippen LogP contribution is -2.42. The van der Waals surface area contributed by atoms with E-state index >= 15 is 0 Å². The Morgan fingerprint density at radius 1 is 1.50 bits per heavy atom. The third-order valence-corrected chi connectivity index (χ3v) is 6.17. The van der Waals surface area contributed by atoms with Crippen LogP contribution in [0.15, 0.2) is 27.8 Å². The van der Waals surface area contributed by atoms with Gasteiger partial charge in [0.15, 0.2) is 10.8 Å². The van der Waals surface area contributed by atoms with Gasteiger partial charge in [0.05, 0.1) is 25.8 Å². The molecule has 1 fully saturated rings. The summed E-state index contributed by atoms with van der Waals surface area (Å²) in [5.74, 6) is -2.77. The molecular formula is C17H22F2N4O2S. The fourth-order valence-corrected chi connectivity index (χ4v) is 3.77. The van der Waals surface area contributed by atoms with E-state index < -0.39 is 17.3 Å². The Kier molecular flexibility index (Phi) is 4.87. The molecule has 9 heteroatoms. The van der Waals surface area contributed by atoms with E-state index in [1.165, 1.54) is 18.4 Å². The van der Waals surface area contributed by atoms with Crippen molar-refractivity contribution in [3.8, 4) is 0 Å². The number of aromatic nitrogens is 1. The lowest BCUT2D eigenvalue weighted by Gasteiger charge is -2.32.